The SMILES string of the molecule is C[C@@H](O)CN(C)C(=O)c1cncc(O)c1. The third-order valence-electron chi connectivity index (χ3n) is 1.86. The van der Waals surface area contributed by atoms with Crippen molar-refractivity contribution in [3.8, 4) is 5.75 Å². The Morgan fingerprint density at radius 1 is 1.60 bits per heavy atom. The Morgan fingerprint density at radius 2 is 2.27 bits per heavy atom. The van der Waals surface area contributed by atoms with Gasteiger partial charge >= 0.3 is 0 Å². The van der Waals surface area contributed by atoms with Gasteiger partial charge in [0.1, 0.15) is 5.75 Å². The Morgan fingerprint density at radius 3 is 2.80 bits per heavy atom. The third kappa shape index (κ3) is 3.21. The van der Waals surface area contributed by atoms with Crippen molar-refractivity contribution in [3.63, 3.8) is 0 Å². The minimum Gasteiger partial charge on any atom is -0.506 e. The number of hydrogen-bond donors (Lipinski definition) is 2. The highest BCUT2D eigenvalue weighted by atomic mass is 16.3. The van der Waals surface area contributed by atoms with E-state index in [1.165, 1.54) is 23.4 Å². The molecule has 1 atom stereocenters. The molecule has 0 unspecified atom stereocenters. The second-order valence-corrected chi connectivity index (χ2v) is 3.47. The number of aromatic nitrogens is 1. The summed E-state index contributed by atoms with van der Waals surface area (Å²) in [4.78, 5) is 16.8. The average molecular weight is 210 g/mol. The first-order chi connectivity index (χ1) is 7.00. The van der Waals surface area contributed by atoms with Gasteiger partial charge in [0.25, 0.3) is 5.91 Å². The van der Waals surface area contributed by atoms with E-state index in [-0.39, 0.29) is 18.2 Å². The van der Waals surface area contributed by atoms with Crippen molar-refractivity contribution in [1.29, 1.82) is 0 Å². The van der Waals surface area contributed by atoms with E-state index in [4.69, 9.17) is 10.2 Å². The first kappa shape index (κ1) is 11.5. The van der Waals surface area contributed by atoms with Crippen molar-refractivity contribution in [2.24, 2.45) is 0 Å². The monoisotopic (exact) mass is 210 g/mol. The maximum Gasteiger partial charge on any atom is 0.255 e. The van der Waals surface area contributed by atoms with Crippen molar-refractivity contribution in [1.82, 2.24) is 9.88 Å². The summed E-state index contributed by atoms with van der Waals surface area (Å²) in [7, 11) is 1.58. The molecule has 15 heavy (non-hydrogen) atoms. The maximum absolute atomic E-state index is 11.7. The van der Waals surface area contributed by atoms with Gasteiger partial charge in [-0.3, -0.25) is 9.78 Å². The minimum atomic E-state index is -0.579. The smallest absolute Gasteiger partial charge is 0.255 e. The molecule has 0 fully saturated rings. The highest BCUT2D eigenvalue weighted by Gasteiger charge is 2.13. The fourth-order valence-electron chi connectivity index (χ4n) is 1.24. The number of pyridine rings is 1. The molecule has 5 heteroatoms. The van der Waals surface area contributed by atoms with Crippen LogP contribution in [0, 0.1) is 0 Å². The second kappa shape index (κ2) is 4.75. The Kier molecular flexibility index (Phi) is 3.62. The zero-order valence-electron chi connectivity index (χ0n) is 8.71. The summed E-state index contributed by atoms with van der Waals surface area (Å²) in [6.45, 7) is 1.85. The van der Waals surface area contributed by atoms with Crippen molar-refractivity contribution in [2.75, 3.05) is 13.6 Å². The van der Waals surface area contributed by atoms with Crippen LogP contribution in [-0.2, 0) is 0 Å². The topological polar surface area (TPSA) is 73.7 Å². The second-order valence-electron chi connectivity index (χ2n) is 3.47. The van der Waals surface area contributed by atoms with Crippen LogP contribution in [0.5, 0.6) is 5.75 Å². The molecule has 0 aliphatic heterocycles. The summed E-state index contributed by atoms with van der Waals surface area (Å²) < 4.78 is 0. The van der Waals surface area contributed by atoms with Crippen LogP contribution in [0.25, 0.3) is 0 Å². The zero-order chi connectivity index (χ0) is 11.4. The zero-order valence-corrected chi connectivity index (χ0v) is 8.71. The number of carbonyl (C=O) groups is 1. The summed E-state index contributed by atoms with van der Waals surface area (Å²) in [5.74, 6) is -0.328. The summed E-state index contributed by atoms with van der Waals surface area (Å²) in [6, 6.07) is 1.34. The quantitative estimate of drug-likeness (QED) is 0.749. The molecule has 0 aliphatic rings. The lowest BCUT2D eigenvalue weighted by molar-refractivity contribution is 0.0703. The molecule has 0 aromatic carbocycles. The highest BCUT2D eigenvalue weighted by Crippen LogP contribution is 2.10. The fraction of sp³-hybridized carbons (Fsp3) is 0.400. The molecule has 0 saturated carbocycles. The van der Waals surface area contributed by atoms with Gasteiger partial charge in [-0.2, -0.15) is 0 Å². The molecule has 0 spiro atoms. The molecule has 1 aromatic rings. The number of amides is 1. The van der Waals surface area contributed by atoms with Gasteiger partial charge in [0.15, 0.2) is 0 Å². The van der Waals surface area contributed by atoms with E-state index in [2.05, 4.69) is 4.98 Å². The molecule has 0 saturated heterocycles. The Labute approximate surface area is 88.0 Å². The van der Waals surface area contributed by atoms with E-state index in [1.54, 1.807) is 14.0 Å². The summed E-state index contributed by atoms with van der Waals surface area (Å²) in [5.41, 5.74) is 0.304. The maximum atomic E-state index is 11.7. The van der Waals surface area contributed by atoms with Gasteiger partial charge in [-0.1, -0.05) is 0 Å². The van der Waals surface area contributed by atoms with Gasteiger partial charge < -0.3 is 15.1 Å². The Hall–Kier alpha value is -1.62. The van der Waals surface area contributed by atoms with Crippen molar-refractivity contribution in [3.05, 3.63) is 24.0 Å². The lowest BCUT2D eigenvalue weighted by Gasteiger charge is -2.18. The number of hydrogen-bond acceptors (Lipinski definition) is 4. The summed E-state index contributed by atoms with van der Waals surface area (Å²) in [5, 5.41) is 18.3. The Bertz CT molecular complexity index is 352. The third-order valence-corrected chi connectivity index (χ3v) is 1.86. The number of likely N-dealkylation sites (N-methyl/N-ethyl adjacent to an activating group) is 1. The van der Waals surface area contributed by atoms with Crippen LogP contribution in [0.3, 0.4) is 0 Å². The van der Waals surface area contributed by atoms with Gasteiger partial charge in [-0.05, 0) is 13.0 Å². The number of aliphatic hydroxyl groups is 1. The molecule has 2 N–H and O–H groups in total. The van der Waals surface area contributed by atoms with Crippen molar-refractivity contribution in [2.45, 2.75) is 13.0 Å². The van der Waals surface area contributed by atoms with E-state index in [9.17, 15) is 4.79 Å². The largest absolute Gasteiger partial charge is 0.506 e. The average Bonchev–Trinajstić information content (AvgIpc) is 2.15. The number of aromatic hydroxyl groups is 1. The van der Waals surface area contributed by atoms with Crippen LogP contribution in [0.1, 0.15) is 17.3 Å². The van der Waals surface area contributed by atoms with E-state index in [0.29, 0.717) is 5.56 Å². The van der Waals surface area contributed by atoms with E-state index < -0.39 is 6.10 Å². The summed E-state index contributed by atoms with van der Waals surface area (Å²) in [6.07, 6.45) is 2.05. The highest BCUT2D eigenvalue weighted by molar-refractivity contribution is 5.94. The van der Waals surface area contributed by atoms with Gasteiger partial charge in [0.2, 0.25) is 0 Å². The normalized spacial score (nSPS) is 12.2. The van der Waals surface area contributed by atoms with Gasteiger partial charge in [-0.15, -0.1) is 0 Å². The van der Waals surface area contributed by atoms with Gasteiger partial charge in [-0.25, -0.2) is 0 Å². The molecule has 1 rings (SSSR count). The lowest BCUT2D eigenvalue weighted by Crippen LogP contribution is -2.33. The first-order valence-corrected chi connectivity index (χ1v) is 4.58. The molecule has 1 amide bonds. The summed E-state index contributed by atoms with van der Waals surface area (Å²) >= 11 is 0. The number of rotatable bonds is 3. The molecule has 5 nitrogen and oxygen atoms in total. The van der Waals surface area contributed by atoms with E-state index >= 15 is 0 Å². The van der Waals surface area contributed by atoms with Crippen LogP contribution < -0.4 is 0 Å². The van der Waals surface area contributed by atoms with Crippen LogP contribution in [0.15, 0.2) is 18.5 Å². The predicted octanol–water partition coefficient (Wildman–Crippen LogP) is 0.240. The van der Waals surface area contributed by atoms with Crippen molar-refractivity contribution >= 4 is 5.91 Å². The van der Waals surface area contributed by atoms with Crippen molar-refractivity contribution < 1.29 is 15.0 Å². The molecule has 0 aliphatic carbocycles. The van der Waals surface area contributed by atoms with Gasteiger partial charge in [0, 0.05) is 19.8 Å². The Balaban J connectivity index is 2.76. The molecule has 0 radical (unpaired) electrons. The number of carbonyl (C=O) groups excluding carboxylic acids is 1. The van der Waals surface area contributed by atoms with E-state index in [0.717, 1.165) is 0 Å². The number of nitrogens with zero attached hydrogens (tertiary/aromatic N) is 2. The first-order valence-electron chi connectivity index (χ1n) is 4.58. The standard InChI is InChI=1S/C10H14N2O3/c1-7(13)6-12(2)10(15)8-3-9(14)5-11-4-8/h3-5,7,13-14H,6H2,1-2H3/t7-/m1/s1. The fourth-order valence-corrected chi connectivity index (χ4v) is 1.24. The lowest BCUT2D eigenvalue weighted by atomic mass is 10.2. The van der Waals surface area contributed by atoms with E-state index in [1.807, 2.05) is 0 Å². The van der Waals surface area contributed by atoms with Crippen LogP contribution in [0.2, 0.25) is 0 Å². The van der Waals surface area contributed by atoms with Crippen LogP contribution >= 0.6 is 0 Å². The molecule has 1 heterocycles. The van der Waals surface area contributed by atoms with Crippen LogP contribution in [-0.4, -0.2) is 45.7 Å². The van der Waals surface area contributed by atoms with Crippen LogP contribution in [0.4, 0.5) is 0 Å². The minimum absolute atomic E-state index is 0.0497. The molecular weight excluding hydrogens is 196 g/mol. The molecular formula is C10H14N2O3. The number of aliphatic hydroxyl groups excluding tert-OH is 1. The molecule has 0 bridgehead atoms. The molecule has 82 valence electrons. The predicted molar refractivity (Wildman–Crippen MR) is 54.5 cm³/mol. The van der Waals surface area contributed by atoms with Gasteiger partial charge in [0.05, 0.1) is 17.9 Å². The molecule has 1 aromatic heterocycles.